The van der Waals surface area contributed by atoms with E-state index in [0.29, 0.717) is 0 Å². The lowest BCUT2D eigenvalue weighted by molar-refractivity contribution is -0.146. The van der Waals surface area contributed by atoms with E-state index in [1.54, 1.807) is 27.7 Å². The zero-order valence-corrected chi connectivity index (χ0v) is 21.5. The van der Waals surface area contributed by atoms with Crippen molar-refractivity contribution in [1.82, 2.24) is 19.7 Å². The summed E-state index contributed by atoms with van der Waals surface area (Å²) in [6.07, 6.45) is -4.78. The van der Waals surface area contributed by atoms with Crippen LogP contribution in [0.5, 0.6) is 0 Å². The van der Waals surface area contributed by atoms with Crippen molar-refractivity contribution in [2.24, 2.45) is 0 Å². The Hall–Kier alpha value is -2.42. The van der Waals surface area contributed by atoms with Gasteiger partial charge in [-0.25, -0.2) is 19.4 Å². The minimum absolute atomic E-state index is 0.439. The smallest absolute Gasteiger partial charge is 0.341 e. The molecular weight excluding hydrogens is 506 g/mol. The maximum absolute atomic E-state index is 15.4. The number of halogens is 1. The summed E-state index contributed by atoms with van der Waals surface area (Å²) in [4.78, 5) is 49.1. The fourth-order valence-electron chi connectivity index (χ4n) is 3.23. The average Bonchev–Trinajstić information content (AvgIpc) is 2.98. The molecule has 2 heterocycles. The summed E-state index contributed by atoms with van der Waals surface area (Å²) in [7, 11) is -4.17. The predicted octanol–water partition coefficient (Wildman–Crippen LogP) is -0.270. The number of aliphatic hydroxyl groups is 1. The molecule has 1 unspecified atom stereocenters. The number of nitrogens with zero attached hydrogens (tertiary/aromatic N) is 1. The van der Waals surface area contributed by atoms with Crippen LogP contribution in [0.25, 0.3) is 0 Å². The van der Waals surface area contributed by atoms with Crippen LogP contribution < -0.4 is 21.4 Å². The highest BCUT2D eigenvalue weighted by Crippen LogP contribution is 2.43. The van der Waals surface area contributed by atoms with Crippen molar-refractivity contribution in [2.45, 2.75) is 70.9 Å². The van der Waals surface area contributed by atoms with Crippen molar-refractivity contribution in [3.63, 3.8) is 0 Å². The predicted molar refractivity (Wildman–Crippen MR) is 123 cm³/mol. The maximum Gasteiger partial charge on any atom is 0.341 e. The third kappa shape index (κ3) is 8.05. The van der Waals surface area contributed by atoms with Crippen LogP contribution in [0.15, 0.2) is 21.9 Å². The molecule has 4 N–H and O–H groups in total. The number of aromatic amines is 1. The molecule has 0 aliphatic carbocycles. The minimum Gasteiger partial charge on any atom is -0.462 e. The molecule has 1 saturated heterocycles. The van der Waals surface area contributed by atoms with Crippen LogP contribution in [0.4, 0.5) is 4.39 Å². The number of carbonyl (C=O) groups is 2. The van der Waals surface area contributed by atoms with E-state index in [1.807, 2.05) is 4.98 Å². The lowest BCUT2D eigenvalue weighted by atomic mass is 9.98. The van der Waals surface area contributed by atoms with Crippen molar-refractivity contribution >= 4 is 19.6 Å². The van der Waals surface area contributed by atoms with Crippen molar-refractivity contribution < 1.29 is 42.4 Å². The quantitative estimate of drug-likeness (QED) is 0.202. The minimum atomic E-state index is -4.17. The molecule has 16 heteroatoms. The van der Waals surface area contributed by atoms with Gasteiger partial charge in [-0.05, 0) is 34.6 Å². The van der Waals surface area contributed by atoms with Gasteiger partial charge in [0.25, 0.3) is 5.56 Å². The van der Waals surface area contributed by atoms with Crippen LogP contribution in [0, 0.1) is 0 Å². The Kier molecular flexibility index (Phi) is 10.1. The van der Waals surface area contributed by atoms with Gasteiger partial charge in [-0.15, -0.1) is 0 Å². The van der Waals surface area contributed by atoms with Gasteiger partial charge < -0.3 is 23.8 Å². The van der Waals surface area contributed by atoms with Gasteiger partial charge in [0.2, 0.25) is 0 Å². The topological polar surface area (TPSA) is 187 Å². The van der Waals surface area contributed by atoms with Gasteiger partial charge in [0, 0.05) is 12.3 Å². The van der Waals surface area contributed by atoms with Gasteiger partial charge in [0.05, 0.1) is 18.8 Å². The molecule has 0 bridgehead atoms. The Morgan fingerprint density at radius 2 is 1.72 bits per heavy atom. The summed E-state index contributed by atoms with van der Waals surface area (Å²) in [6.45, 7) is 5.65. The van der Waals surface area contributed by atoms with Crippen molar-refractivity contribution in [2.75, 3.05) is 19.7 Å². The highest BCUT2D eigenvalue weighted by atomic mass is 31.2. The lowest BCUT2D eigenvalue weighted by Crippen LogP contribution is -2.44. The Bertz CT molecular complexity index is 1060. The second kappa shape index (κ2) is 12.2. The van der Waals surface area contributed by atoms with E-state index < -0.39 is 86.9 Å². The van der Waals surface area contributed by atoms with Gasteiger partial charge in [0.15, 0.2) is 11.9 Å². The van der Waals surface area contributed by atoms with E-state index in [2.05, 4.69) is 10.2 Å². The van der Waals surface area contributed by atoms with Gasteiger partial charge in [-0.1, -0.05) is 0 Å². The Morgan fingerprint density at radius 1 is 1.19 bits per heavy atom. The zero-order chi connectivity index (χ0) is 27.3. The number of esters is 2. The first-order chi connectivity index (χ1) is 16.6. The van der Waals surface area contributed by atoms with E-state index in [-0.39, 0.29) is 0 Å². The van der Waals surface area contributed by atoms with Crippen LogP contribution in [0.3, 0.4) is 0 Å². The summed E-state index contributed by atoms with van der Waals surface area (Å²) >= 11 is 0. The van der Waals surface area contributed by atoms with Gasteiger partial charge in [0.1, 0.15) is 25.3 Å². The number of rotatable bonds is 12. The van der Waals surface area contributed by atoms with E-state index >= 15 is 4.39 Å². The standard InChI is InChI=1S/C20H32FN4O10P/c1-11(2)33-15(27)8-22-36(31,23-9-16(28)34-12(3)4)32-10-13-17(29)20(5,21)18(35-13)25-7-6-14(26)24-19(25)30/h6-7,11-13,17-18,29H,8-10H2,1-5H3,(H2,22,23,31)(H,24,26,30)/t13-,17?,18-,20+/m1/s1. The number of ether oxygens (including phenoxy) is 3. The van der Waals surface area contributed by atoms with E-state index in [4.69, 9.17) is 18.7 Å². The number of nitrogens with one attached hydrogen (secondary N) is 3. The molecule has 0 aromatic carbocycles. The molecule has 4 atom stereocenters. The number of hydrogen-bond acceptors (Lipinski definition) is 10. The third-order valence-corrected chi connectivity index (χ3v) is 6.50. The summed E-state index contributed by atoms with van der Waals surface area (Å²) in [5.41, 5.74) is -4.19. The number of alkyl halides is 1. The molecule has 0 spiro atoms. The van der Waals surface area contributed by atoms with Gasteiger partial charge in [-0.3, -0.25) is 28.5 Å². The molecule has 1 aromatic rings. The fraction of sp³-hybridized carbons (Fsp3) is 0.700. The average molecular weight is 538 g/mol. The first-order valence-corrected chi connectivity index (χ1v) is 12.7. The van der Waals surface area contributed by atoms with Crippen molar-refractivity contribution in [3.05, 3.63) is 33.1 Å². The molecule has 14 nitrogen and oxygen atoms in total. The molecule has 0 radical (unpaired) electrons. The number of aliphatic hydroxyl groups excluding tert-OH is 1. The summed E-state index contributed by atoms with van der Waals surface area (Å²) in [5, 5.41) is 15.2. The summed E-state index contributed by atoms with van der Waals surface area (Å²) in [5.74, 6) is -1.52. The Labute approximate surface area is 206 Å². The normalized spacial score (nSPS) is 24.3. The lowest BCUT2D eigenvalue weighted by Gasteiger charge is -2.25. The van der Waals surface area contributed by atoms with E-state index in [1.165, 1.54) is 0 Å². The molecule has 0 saturated carbocycles. The van der Waals surface area contributed by atoms with Crippen molar-refractivity contribution in [1.29, 1.82) is 0 Å². The summed E-state index contributed by atoms with van der Waals surface area (Å²) < 4.78 is 50.1. The second-order valence-electron chi connectivity index (χ2n) is 8.73. The van der Waals surface area contributed by atoms with Gasteiger partial charge >= 0.3 is 25.3 Å². The second-order valence-corrected chi connectivity index (χ2v) is 10.7. The fourth-order valence-corrected chi connectivity index (χ4v) is 4.56. The third-order valence-electron chi connectivity index (χ3n) is 4.84. The SMILES string of the molecule is CC(C)OC(=O)CNP(=O)(NCC(=O)OC(C)C)OC[C@H]1O[C@@H](n2ccc(=O)[nH]c2=O)[C@@](C)(F)C1O. The number of carbonyl (C=O) groups excluding carboxylic acids is 2. The highest BCUT2D eigenvalue weighted by molar-refractivity contribution is 7.54. The molecule has 36 heavy (non-hydrogen) atoms. The van der Waals surface area contributed by atoms with Gasteiger partial charge in [-0.2, -0.15) is 0 Å². The highest BCUT2D eigenvalue weighted by Gasteiger charge is 2.55. The molecule has 2 rings (SSSR count). The molecule has 1 aliphatic heterocycles. The van der Waals surface area contributed by atoms with Crippen LogP contribution in [-0.4, -0.2) is 76.4 Å². The zero-order valence-electron chi connectivity index (χ0n) is 20.6. The van der Waals surface area contributed by atoms with E-state index in [0.717, 1.165) is 23.8 Å². The largest absolute Gasteiger partial charge is 0.462 e. The van der Waals surface area contributed by atoms with Crippen LogP contribution >= 0.6 is 7.67 Å². The Balaban J connectivity index is 2.15. The Morgan fingerprint density at radius 3 is 2.19 bits per heavy atom. The summed E-state index contributed by atoms with van der Waals surface area (Å²) in [6, 6.07) is 0.978. The molecule has 0 amide bonds. The van der Waals surface area contributed by atoms with Crippen LogP contribution in [-0.2, 0) is 32.9 Å². The van der Waals surface area contributed by atoms with Crippen LogP contribution in [0.1, 0.15) is 40.8 Å². The van der Waals surface area contributed by atoms with Crippen molar-refractivity contribution in [3.8, 4) is 0 Å². The maximum atomic E-state index is 15.4. The number of aromatic nitrogens is 2. The first kappa shape index (κ1) is 29.8. The molecule has 204 valence electrons. The molecular formula is C20H32FN4O10P. The number of hydrogen-bond donors (Lipinski definition) is 4. The first-order valence-electron chi connectivity index (χ1n) is 11.1. The molecule has 1 fully saturated rings. The molecule has 1 aromatic heterocycles. The number of H-pyrrole nitrogens is 1. The monoisotopic (exact) mass is 538 g/mol. The van der Waals surface area contributed by atoms with Crippen LogP contribution in [0.2, 0.25) is 0 Å². The van der Waals surface area contributed by atoms with E-state index in [9.17, 15) is 28.8 Å². The molecule has 1 aliphatic rings.